The molecule has 1 aromatic carbocycles. The van der Waals surface area contributed by atoms with Gasteiger partial charge in [0.25, 0.3) is 0 Å². The van der Waals surface area contributed by atoms with Crippen LogP contribution in [0.2, 0.25) is 0 Å². The summed E-state index contributed by atoms with van der Waals surface area (Å²) in [5.41, 5.74) is 2.20. The summed E-state index contributed by atoms with van der Waals surface area (Å²) >= 11 is 0. The van der Waals surface area contributed by atoms with E-state index >= 15 is 0 Å². The van der Waals surface area contributed by atoms with Gasteiger partial charge in [0, 0.05) is 13.1 Å². The molecule has 1 aromatic rings. The lowest BCUT2D eigenvalue weighted by Crippen LogP contribution is -2.47. The molecule has 0 radical (unpaired) electrons. The molecule has 24 heavy (non-hydrogen) atoms. The van der Waals surface area contributed by atoms with Crippen LogP contribution < -0.4 is 10.6 Å². The number of likely N-dealkylation sites (tertiary alicyclic amines) is 1. The van der Waals surface area contributed by atoms with Crippen LogP contribution in [-0.2, 0) is 11.2 Å². The molecule has 2 N–H and O–H groups in total. The number of halogens is 3. The molecule has 0 aromatic heterocycles. The summed E-state index contributed by atoms with van der Waals surface area (Å²) in [4.78, 5) is 24.3. The molecule has 1 fully saturated rings. The van der Waals surface area contributed by atoms with Crippen LogP contribution in [0.3, 0.4) is 0 Å². The zero-order valence-electron chi connectivity index (χ0n) is 13.3. The topological polar surface area (TPSA) is 61.4 Å². The predicted octanol–water partition coefficient (Wildman–Crippen LogP) is 2.00. The smallest absolute Gasteiger partial charge is 0.338 e. The molecule has 0 spiro atoms. The molecular weight excluding hydrogens is 323 g/mol. The summed E-state index contributed by atoms with van der Waals surface area (Å²) < 4.78 is 37.0. The molecule has 0 unspecified atom stereocenters. The summed E-state index contributed by atoms with van der Waals surface area (Å²) in [7, 11) is 0. The maximum Gasteiger partial charge on any atom is 0.406 e. The Balaban J connectivity index is 1.74. The summed E-state index contributed by atoms with van der Waals surface area (Å²) in [5, 5.41) is 5.05. The molecule has 0 saturated carbocycles. The molecule has 0 bridgehead atoms. The summed E-state index contributed by atoms with van der Waals surface area (Å²) in [6, 6.07) is 6.41. The monoisotopic (exact) mass is 343 g/mol. The minimum Gasteiger partial charge on any atom is -0.338 e. The van der Waals surface area contributed by atoms with E-state index in [4.69, 9.17) is 0 Å². The first kappa shape index (κ1) is 18.1. The second-order valence-corrected chi connectivity index (χ2v) is 5.86. The quantitative estimate of drug-likeness (QED) is 0.859. The standard InChI is InChI=1S/C16H20F3N3O2/c1-11-3-2-4-12(9-11)5-7-20-15(24)21-13-6-8-22(14(13)23)10-16(17,18)19/h2-4,9,13H,5-8,10H2,1H3,(H2,20,21,24)/t13-/m1/s1. The third kappa shape index (κ3) is 5.43. The molecule has 8 heteroatoms. The van der Waals surface area contributed by atoms with Crippen LogP contribution in [0.5, 0.6) is 0 Å². The fourth-order valence-corrected chi connectivity index (χ4v) is 2.64. The average molecular weight is 343 g/mol. The van der Waals surface area contributed by atoms with E-state index in [1.807, 2.05) is 31.2 Å². The number of carbonyl (C=O) groups is 2. The number of amides is 3. The Bertz CT molecular complexity index is 604. The lowest BCUT2D eigenvalue weighted by atomic mass is 10.1. The molecule has 0 aliphatic carbocycles. The Morgan fingerprint density at radius 3 is 2.79 bits per heavy atom. The molecular formula is C16H20F3N3O2. The fourth-order valence-electron chi connectivity index (χ4n) is 2.64. The maximum absolute atomic E-state index is 12.3. The highest BCUT2D eigenvalue weighted by atomic mass is 19.4. The molecule has 1 saturated heterocycles. The third-order valence-electron chi connectivity index (χ3n) is 3.75. The molecule has 1 aliphatic rings. The van der Waals surface area contributed by atoms with Gasteiger partial charge >= 0.3 is 12.2 Å². The van der Waals surface area contributed by atoms with Gasteiger partial charge in [0.2, 0.25) is 5.91 Å². The van der Waals surface area contributed by atoms with Gasteiger partial charge in [-0.05, 0) is 25.3 Å². The second kappa shape index (κ2) is 7.55. The number of urea groups is 1. The van der Waals surface area contributed by atoms with Gasteiger partial charge in [-0.25, -0.2) is 4.79 Å². The van der Waals surface area contributed by atoms with E-state index in [1.165, 1.54) is 0 Å². The molecule has 132 valence electrons. The van der Waals surface area contributed by atoms with Crippen molar-refractivity contribution in [1.29, 1.82) is 0 Å². The van der Waals surface area contributed by atoms with Crippen molar-refractivity contribution in [3.05, 3.63) is 35.4 Å². The van der Waals surface area contributed by atoms with Gasteiger partial charge in [-0.2, -0.15) is 13.2 Å². The number of benzene rings is 1. The largest absolute Gasteiger partial charge is 0.406 e. The molecule has 2 rings (SSSR count). The second-order valence-electron chi connectivity index (χ2n) is 5.86. The van der Waals surface area contributed by atoms with Crippen molar-refractivity contribution in [3.8, 4) is 0 Å². The Morgan fingerprint density at radius 2 is 2.12 bits per heavy atom. The van der Waals surface area contributed by atoms with E-state index in [0.29, 0.717) is 13.0 Å². The van der Waals surface area contributed by atoms with Crippen molar-refractivity contribution >= 4 is 11.9 Å². The van der Waals surface area contributed by atoms with Crippen LogP contribution in [0.1, 0.15) is 17.5 Å². The number of nitrogens with one attached hydrogen (secondary N) is 2. The van der Waals surface area contributed by atoms with E-state index in [9.17, 15) is 22.8 Å². The third-order valence-corrected chi connectivity index (χ3v) is 3.75. The molecule has 1 heterocycles. The van der Waals surface area contributed by atoms with Crippen LogP contribution >= 0.6 is 0 Å². The van der Waals surface area contributed by atoms with E-state index < -0.39 is 30.7 Å². The number of alkyl halides is 3. The van der Waals surface area contributed by atoms with Crippen molar-refractivity contribution in [2.45, 2.75) is 32.0 Å². The molecule has 1 atom stereocenters. The highest BCUT2D eigenvalue weighted by molar-refractivity contribution is 5.88. The van der Waals surface area contributed by atoms with E-state index in [-0.39, 0.29) is 13.0 Å². The van der Waals surface area contributed by atoms with Gasteiger partial charge in [-0.1, -0.05) is 29.8 Å². The van der Waals surface area contributed by atoms with Crippen LogP contribution in [0, 0.1) is 6.92 Å². The van der Waals surface area contributed by atoms with Crippen LogP contribution in [0.4, 0.5) is 18.0 Å². The highest BCUT2D eigenvalue weighted by Gasteiger charge is 2.39. The van der Waals surface area contributed by atoms with Gasteiger partial charge < -0.3 is 15.5 Å². The first-order chi connectivity index (χ1) is 11.2. The van der Waals surface area contributed by atoms with Gasteiger partial charge in [0.05, 0.1) is 0 Å². The summed E-state index contributed by atoms with van der Waals surface area (Å²) in [6.07, 6.45) is -3.62. The van der Waals surface area contributed by atoms with Gasteiger partial charge in [0.1, 0.15) is 12.6 Å². The number of nitrogens with zero attached hydrogens (tertiary/aromatic N) is 1. The average Bonchev–Trinajstić information content (AvgIpc) is 2.78. The van der Waals surface area contributed by atoms with Crippen molar-refractivity contribution in [1.82, 2.24) is 15.5 Å². The van der Waals surface area contributed by atoms with E-state index in [0.717, 1.165) is 16.0 Å². The van der Waals surface area contributed by atoms with Crippen molar-refractivity contribution in [3.63, 3.8) is 0 Å². The Labute approximate surface area is 138 Å². The number of hydrogen-bond acceptors (Lipinski definition) is 2. The normalized spacial score (nSPS) is 17.9. The zero-order valence-corrected chi connectivity index (χ0v) is 13.3. The first-order valence-corrected chi connectivity index (χ1v) is 7.70. The minimum atomic E-state index is -4.43. The summed E-state index contributed by atoms with van der Waals surface area (Å²) in [5.74, 6) is -0.693. The van der Waals surface area contributed by atoms with Crippen molar-refractivity contribution in [2.75, 3.05) is 19.6 Å². The highest BCUT2D eigenvalue weighted by Crippen LogP contribution is 2.20. The maximum atomic E-state index is 12.3. The van der Waals surface area contributed by atoms with Crippen molar-refractivity contribution in [2.24, 2.45) is 0 Å². The molecule has 1 aliphatic heterocycles. The Morgan fingerprint density at radius 1 is 1.38 bits per heavy atom. The van der Waals surface area contributed by atoms with E-state index in [1.54, 1.807) is 0 Å². The SMILES string of the molecule is Cc1cccc(CCNC(=O)N[C@@H]2CCN(CC(F)(F)F)C2=O)c1. The van der Waals surface area contributed by atoms with E-state index in [2.05, 4.69) is 10.6 Å². The molecule has 5 nitrogen and oxygen atoms in total. The van der Waals surface area contributed by atoms with Gasteiger partial charge in [-0.15, -0.1) is 0 Å². The Kier molecular flexibility index (Phi) is 5.69. The molecule has 3 amide bonds. The van der Waals surface area contributed by atoms with Crippen LogP contribution in [0.25, 0.3) is 0 Å². The predicted molar refractivity (Wildman–Crippen MR) is 82.5 cm³/mol. The lowest BCUT2D eigenvalue weighted by Gasteiger charge is -2.18. The van der Waals surface area contributed by atoms with Gasteiger partial charge in [0.15, 0.2) is 0 Å². The van der Waals surface area contributed by atoms with Crippen molar-refractivity contribution < 1.29 is 22.8 Å². The lowest BCUT2D eigenvalue weighted by molar-refractivity contribution is -0.157. The number of rotatable bonds is 5. The minimum absolute atomic E-state index is 0.00736. The number of hydrogen-bond donors (Lipinski definition) is 2. The van der Waals surface area contributed by atoms with Crippen LogP contribution in [0.15, 0.2) is 24.3 Å². The Hall–Kier alpha value is -2.25. The number of carbonyl (C=O) groups excluding carboxylic acids is 2. The summed E-state index contributed by atoms with van der Waals surface area (Å²) in [6.45, 7) is 1.07. The zero-order chi connectivity index (χ0) is 17.7. The van der Waals surface area contributed by atoms with Gasteiger partial charge in [-0.3, -0.25) is 4.79 Å². The van der Waals surface area contributed by atoms with Crippen LogP contribution in [-0.4, -0.2) is 48.7 Å². The fraction of sp³-hybridized carbons (Fsp3) is 0.500. The number of aryl methyl sites for hydroxylation is 1. The first-order valence-electron chi connectivity index (χ1n) is 7.70.